The highest BCUT2D eigenvalue weighted by atomic mass is 35.5. The van der Waals surface area contributed by atoms with Gasteiger partial charge >= 0.3 is 0 Å². The van der Waals surface area contributed by atoms with Crippen molar-refractivity contribution in [3.8, 4) is 11.5 Å². The van der Waals surface area contributed by atoms with Gasteiger partial charge in [0.05, 0.1) is 13.7 Å². The summed E-state index contributed by atoms with van der Waals surface area (Å²) in [4.78, 5) is 25.6. The smallest absolute Gasteiger partial charge is 0.222 e. The van der Waals surface area contributed by atoms with E-state index in [9.17, 15) is 9.59 Å². The van der Waals surface area contributed by atoms with Crippen LogP contribution in [0.1, 0.15) is 43.5 Å². The van der Waals surface area contributed by atoms with E-state index in [-0.39, 0.29) is 29.5 Å². The summed E-state index contributed by atoms with van der Waals surface area (Å²) >= 11 is 0. The SMILES string of the molecule is COc1cc(C(C)=O)ccc1OCCCC(=O)N1CCC(C)(CN)C1.Cl. The van der Waals surface area contributed by atoms with E-state index in [1.54, 1.807) is 18.2 Å². The number of benzene rings is 1. The van der Waals surface area contributed by atoms with Gasteiger partial charge in [0.15, 0.2) is 17.3 Å². The van der Waals surface area contributed by atoms with E-state index >= 15 is 0 Å². The van der Waals surface area contributed by atoms with Crippen LogP contribution in [0.2, 0.25) is 0 Å². The zero-order valence-electron chi connectivity index (χ0n) is 15.7. The van der Waals surface area contributed by atoms with Crippen molar-refractivity contribution in [1.82, 2.24) is 4.90 Å². The fourth-order valence-corrected chi connectivity index (χ4v) is 2.97. The van der Waals surface area contributed by atoms with Crippen LogP contribution >= 0.6 is 12.4 Å². The van der Waals surface area contributed by atoms with Crippen LogP contribution in [-0.2, 0) is 4.79 Å². The molecule has 1 aliphatic heterocycles. The van der Waals surface area contributed by atoms with Gasteiger partial charge in [0.2, 0.25) is 5.91 Å². The number of Topliss-reactive ketones (excluding diaryl/α,β-unsaturated/α-hetero) is 1. The molecule has 26 heavy (non-hydrogen) atoms. The minimum Gasteiger partial charge on any atom is -0.493 e. The van der Waals surface area contributed by atoms with Gasteiger partial charge in [-0.1, -0.05) is 6.92 Å². The number of likely N-dealkylation sites (tertiary alicyclic amines) is 1. The summed E-state index contributed by atoms with van der Waals surface area (Å²) in [6.07, 6.45) is 2.05. The number of hydrogen-bond acceptors (Lipinski definition) is 5. The fourth-order valence-electron chi connectivity index (χ4n) is 2.97. The molecule has 1 unspecified atom stereocenters. The predicted molar refractivity (Wildman–Crippen MR) is 103 cm³/mol. The zero-order chi connectivity index (χ0) is 18.4. The van der Waals surface area contributed by atoms with E-state index in [2.05, 4.69) is 6.92 Å². The summed E-state index contributed by atoms with van der Waals surface area (Å²) < 4.78 is 11.0. The molecule has 1 aliphatic rings. The van der Waals surface area contributed by atoms with Crippen LogP contribution in [-0.4, -0.2) is 49.9 Å². The van der Waals surface area contributed by atoms with Gasteiger partial charge in [-0.15, -0.1) is 12.4 Å². The third-order valence-electron chi connectivity index (χ3n) is 4.77. The van der Waals surface area contributed by atoms with Gasteiger partial charge in [-0.05, 0) is 49.9 Å². The molecule has 1 aromatic rings. The van der Waals surface area contributed by atoms with Crippen LogP contribution in [0.15, 0.2) is 18.2 Å². The Bertz CT molecular complexity index is 638. The highest BCUT2D eigenvalue weighted by Gasteiger charge is 2.34. The first-order valence-electron chi connectivity index (χ1n) is 8.68. The lowest BCUT2D eigenvalue weighted by molar-refractivity contribution is -0.130. The topological polar surface area (TPSA) is 81.9 Å². The van der Waals surface area contributed by atoms with Crippen LogP contribution in [0.4, 0.5) is 0 Å². The largest absolute Gasteiger partial charge is 0.493 e. The van der Waals surface area contributed by atoms with Crippen molar-refractivity contribution in [3.05, 3.63) is 23.8 Å². The van der Waals surface area contributed by atoms with Gasteiger partial charge in [-0.2, -0.15) is 0 Å². The maximum absolute atomic E-state index is 12.3. The van der Waals surface area contributed by atoms with Crippen LogP contribution in [0, 0.1) is 5.41 Å². The van der Waals surface area contributed by atoms with Crippen molar-refractivity contribution in [3.63, 3.8) is 0 Å². The number of methoxy groups -OCH3 is 1. The molecule has 2 rings (SSSR count). The Morgan fingerprint density at radius 3 is 2.62 bits per heavy atom. The van der Waals surface area contributed by atoms with Gasteiger partial charge < -0.3 is 20.1 Å². The molecule has 6 nitrogen and oxygen atoms in total. The molecule has 0 aromatic heterocycles. The van der Waals surface area contributed by atoms with Crippen molar-refractivity contribution in [2.75, 3.05) is 33.4 Å². The van der Waals surface area contributed by atoms with Gasteiger partial charge in [-0.25, -0.2) is 0 Å². The summed E-state index contributed by atoms with van der Waals surface area (Å²) in [5.41, 5.74) is 6.42. The summed E-state index contributed by atoms with van der Waals surface area (Å²) in [6, 6.07) is 5.11. The first-order chi connectivity index (χ1) is 11.9. The second kappa shape index (κ2) is 9.78. The Balaban J connectivity index is 0.00000338. The molecule has 1 saturated heterocycles. The number of ketones is 1. The van der Waals surface area contributed by atoms with Gasteiger partial charge in [-0.3, -0.25) is 9.59 Å². The normalized spacial score (nSPS) is 19.0. The zero-order valence-corrected chi connectivity index (χ0v) is 16.6. The van der Waals surface area contributed by atoms with Crippen molar-refractivity contribution >= 4 is 24.1 Å². The van der Waals surface area contributed by atoms with E-state index in [0.717, 1.165) is 19.5 Å². The summed E-state index contributed by atoms with van der Waals surface area (Å²) in [6.45, 7) is 6.19. The lowest BCUT2D eigenvalue weighted by Crippen LogP contribution is -2.34. The number of nitrogens with two attached hydrogens (primary N) is 1. The Hall–Kier alpha value is -1.79. The second-order valence-corrected chi connectivity index (χ2v) is 6.95. The summed E-state index contributed by atoms with van der Waals surface area (Å²) in [5.74, 6) is 1.24. The molecule has 1 heterocycles. The number of hydrogen-bond donors (Lipinski definition) is 1. The van der Waals surface area contributed by atoms with Crippen molar-refractivity contribution < 1.29 is 19.1 Å². The number of halogens is 1. The maximum atomic E-state index is 12.3. The molecule has 0 radical (unpaired) electrons. The molecule has 0 bridgehead atoms. The summed E-state index contributed by atoms with van der Waals surface area (Å²) in [5, 5.41) is 0. The van der Waals surface area contributed by atoms with Crippen molar-refractivity contribution in [2.45, 2.75) is 33.1 Å². The van der Waals surface area contributed by atoms with E-state index in [1.165, 1.54) is 14.0 Å². The minimum atomic E-state index is -0.0226. The fraction of sp³-hybridized carbons (Fsp3) is 0.579. The van der Waals surface area contributed by atoms with E-state index < -0.39 is 0 Å². The number of ether oxygens (including phenoxy) is 2. The van der Waals surface area contributed by atoms with Gasteiger partial charge in [0.25, 0.3) is 0 Å². The average Bonchev–Trinajstić information content (AvgIpc) is 3.01. The number of rotatable bonds is 8. The molecule has 7 heteroatoms. The molecule has 1 fully saturated rings. The molecule has 0 aliphatic carbocycles. The molecule has 1 aromatic carbocycles. The monoisotopic (exact) mass is 384 g/mol. The molecular formula is C19H29ClN2O4. The molecule has 0 spiro atoms. The van der Waals surface area contributed by atoms with Crippen LogP contribution in [0.5, 0.6) is 11.5 Å². The van der Waals surface area contributed by atoms with Crippen LogP contribution in [0.3, 0.4) is 0 Å². The van der Waals surface area contributed by atoms with Crippen LogP contribution in [0.25, 0.3) is 0 Å². The lowest BCUT2D eigenvalue weighted by Gasteiger charge is -2.22. The molecular weight excluding hydrogens is 356 g/mol. The summed E-state index contributed by atoms with van der Waals surface area (Å²) in [7, 11) is 1.54. The molecule has 146 valence electrons. The predicted octanol–water partition coefficient (Wildman–Crippen LogP) is 2.68. The first kappa shape index (κ1) is 22.3. The molecule has 1 atom stereocenters. The Labute approximate surface area is 161 Å². The third-order valence-corrected chi connectivity index (χ3v) is 4.77. The lowest BCUT2D eigenvalue weighted by atomic mass is 9.90. The van der Waals surface area contributed by atoms with E-state index in [4.69, 9.17) is 15.2 Å². The van der Waals surface area contributed by atoms with Crippen molar-refractivity contribution in [2.24, 2.45) is 11.1 Å². The number of carbonyl (C=O) groups is 2. The van der Waals surface area contributed by atoms with E-state index in [1.807, 2.05) is 4.90 Å². The highest BCUT2D eigenvalue weighted by Crippen LogP contribution is 2.30. The van der Waals surface area contributed by atoms with Gasteiger partial charge in [0.1, 0.15) is 0 Å². The second-order valence-electron chi connectivity index (χ2n) is 6.95. The van der Waals surface area contributed by atoms with Crippen molar-refractivity contribution in [1.29, 1.82) is 0 Å². The average molecular weight is 385 g/mol. The number of nitrogens with zero attached hydrogens (tertiary/aromatic N) is 1. The Kier molecular flexibility index (Phi) is 8.37. The first-order valence-corrected chi connectivity index (χ1v) is 8.68. The maximum Gasteiger partial charge on any atom is 0.222 e. The molecule has 1 amide bonds. The third kappa shape index (κ3) is 5.61. The highest BCUT2D eigenvalue weighted by molar-refractivity contribution is 5.94. The number of amides is 1. The number of carbonyl (C=O) groups excluding carboxylic acids is 2. The molecule has 2 N–H and O–H groups in total. The van der Waals surface area contributed by atoms with Crippen LogP contribution < -0.4 is 15.2 Å². The quantitative estimate of drug-likeness (QED) is 0.550. The van der Waals surface area contributed by atoms with E-state index in [0.29, 0.717) is 43.1 Å². The minimum absolute atomic E-state index is 0. The Morgan fingerprint density at radius 2 is 2.04 bits per heavy atom. The van der Waals surface area contributed by atoms with Gasteiger partial charge in [0, 0.05) is 25.1 Å². The Morgan fingerprint density at radius 1 is 1.31 bits per heavy atom. The molecule has 0 saturated carbocycles. The standard InChI is InChI=1S/C19H28N2O4.ClH/c1-14(22)15-6-7-16(17(11-15)24-3)25-10-4-5-18(23)21-9-8-19(2,12-20)13-21;/h6-7,11H,4-5,8-10,12-13,20H2,1-3H3;1H.